The Kier molecular flexibility index (Phi) is 4.34. The molecular formula is C20H21NO5. The molecule has 0 aromatic heterocycles. The Balaban J connectivity index is 1.28. The minimum atomic E-state index is -0.574. The van der Waals surface area contributed by atoms with E-state index in [0.717, 1.165) is 19.3 Å². The van der Waals surface area contributed by atoms with Gasteiger partial charge in [-0.1, -0.05) is 30.3 Å². The SMILES string of the molecule is O=C(CCN1C(=O)[C@H]2[C@H]3CC[C@@H](C3)[C@@H]2C1=O)OCC(=O)c1ccccc1. The number of rotatable bonds is 6. The van der Waals surface area contributed by atoms with Gasteiger partial charge in [0, 0.05) is 12.1 Å². The van der Waals surface area contributed by atoms with Crippen LogP contribution in [-0.4, -0.2) is 41.6 Å². The Bertz CT molecular complexity index is 731. The Morgan fingerprint density at radius 3 is 2.23 bits per heavy atom. The molecule has 3 aliphatic rings. The lowest BCUT2D eigenvalue weighted by atomic mass is 9.81. The third-order valence-electron chi connectivity index (χ3n) is 6.02. The summed E-state index contributed by atoms with van der Waals surface area (Å²) in [6.45, 7) is -0.289. The molecule has 1 aromatic carbocycles. The van der Waals surface area contributed by atoms with Crippen molar-refractivity contribution in [3.63, 3.8) is 0 Å². The minimum Gasteiger partial charge on any atom is -0.457 e. The maximum absolute atomic E-state index is 12.5. The first-order valence-corrected chi connectivity index (χ1v) is 9.15. The zero-order valence-electron chi connectivity index (χ0n) is 14.4. The van der Waals surface area contributed by atoms with Gasteiger partial charge in [-0.15, -0.1) is 0 Å². The molecule has 0 spiro atoms. The van der Waals surface area contributed by atoms with Crippen LogP contribution in [0.15, 0.2) is 30.3 Å². The van der Waals surface area contributed by atoms with Gasteiger partial charge < -0.3 is 4.74 Å². The van der Waals surface area contributed by atoms with Crippen LogP contribution < -0.4 is 0 Å². The highest BCUT2D eigenvalue weighted by Crippen LogP contribution is 2.56. The average molecular weight is 355 g/mol. The molecule has 26 heavy (non-hydrogen) atoms. The summed E-state index contributed by atoms with van der Waals surface area (Å²) in [4.78, 5) is 50.2. The maximum atomic E-state index is 12.5. The second-order valence-electron chi connectivity index (χ2n) is 7.41. The Labute approximate surface area is 151 Å². The van der Waals surface area contributed by atoms with Crippen LogP contribution in [0.1, 0.15) is 36.0 Å². The van der Waals surface area contributed by atoms with Crippen molar-refractivity contribution in [2.24, 2.45) is 23.7 Å². The Hall–Kier alpha value is -2.50. The van der Waals surface area contributed by atoms with E-state index in [1.165, 1.54) is 4.90 Å². The number of fused-ring (bicyclic) bond motifs is 5. The summed E-state index contributed by atoms with van der Waals surface area (Å²) in [5.41, 5.74) is 0.480. The first-order valence-electron chi connectivity index (χ1n) is 9.15. The maximum Gasteiger partial charge on any atom is 0.308 e. The van der Waals surface area contributed by atoms with Gasteiger partial charge in [-0.25, -0.2) is 0 Å². The van der Waals surface area contributed by atoms with E-state index in [0.29, 0.717) is 17.4 Å². The zero-order chi connectivity index (χ0) is 18.3. The van der Waals surface area contributed by atoms with Gasteiger partial charge in [-0.3, -0.25) is 24.1 Å². The van der Waals surface area contributed by atoms with Gasteiger partial charge in [0.15, 0.2) is 12.4 Å². The van der Waals surface area contributed by atoms with Gasteiger partial charge in [-0.05, 0) is 31.1 Å². The fraction of sp³-hybridized carbons (Fsp3) is 0.500. The van der Waals surface area contributed by atoms with E-state index in [2.05, 4.69) is 0 Å². The number of imide groups is 1. The molecule has 4 rings (SSSR count). The number of Topliss-reactive ketones (excluding diaryl/α,β-unsaturated/α-hetero) is 1. The molecule has 1 saturated heterocycles. The van der Waals surface area contributed by atoms with Crippen molar-refractivity contribution in [1.82, 2.24) is 4.90 Å². The number of nitrogens with zero attached hydrogens (tertiary/aromatic N) is 1. The third kappa shape index (κ3) is 2.83. The molecule has 1 aromatic rings. The summed E-state index contributed by atoms with van der Waals surface area (Å²) in [6, 6.07) is 8.59. The van der Waals surface area contributed by atoms with E-state index < -0.39 is 5.97 Å². The van der Waals surface area contributed by atoms with Gasteiger partial charge in [0.25, 0.3) is 0 Å². The second-order valence-corrected chi connectivity index (χ2v) is 7.41. The van der Waals surface area contributed by atoms with Crippen LogP contribution in [0.2, 0.25) is 0 Å². The molecule has 3 fully saturated rings. The molecular weight excluding hydrogens is 334 g/mol. The van der Waals surface area contributed by atoms with Crippen LogP contribution in [0.5, 0.6) is 0 Å². The number of ketones is 1. The number of hydrogen-bond donors (Lipinski definition) is 0. The fourth-order valence-corrected chi connectivity index (χ4v) is 4.82. The number of benzene rings is 1. The van der Waals surface area contributed by atoms with Crippen LogP contribution in [0, 0.1) is 23.7 Å². The monoisotopic (exact) mass is 355 g/mol. The molecule has 2 aliphatic carbocycles. The lowest BCUT2D eigenvalue weighted by Crippen LogP contribution is -2.35. The smallest absolute Gasteiger partial charge is 0.308 e. The van der Waals surface area contributed by atoms with Gasteiger partial charge in [-0.2, -0.15) is 0 Å². The first-order chi connectivity index (χ1) is 12.6. The summed E-state index contributed by atoms with van der Waals surface area (Å²) in [6.07, 6.45) is 2.98. The van der Waals surface area contributed by atoms with Crippen LogP contribution in [-0.2, 0) is 19.1 Å². The number of esters is 1. The molecule has 2 amide bonds. The molecule has 1 aliphatic heterocycles. The molecule has 0 radical (unpaired) electrons. The third-order valence-corrected chi connectivity index (χ3v) is 6.02. The van der Waals surface area contributed by atoms with E-state index in [1.807, 2.05) is 0 Å². The molecule has 2 bridgehead atoms. The Morgan fingerprint density at radius 1 is 1.00 bits per heavy atom. The summed E-state index contributed by atoms with van der Waals surface area (Å²) < 4.78 is 5.00. The first kappa shape index (κ1) is 16.9. The van der Waals surface area contributed by atoms with Crippen molar-refractivity contribution < 1.29 is 23.9 Å². The quantitative estimate of drug-likeness (QED) is 0.442. The summed E-state index contributed by atoms with van der Waals surface area (Å²) >= 11 is 0. The predicted molar refractivity (Wildman–Crippen MR) is 90.9 cm³/mol. The lowest BCUT2D eigenvalue weighted by Gasteiger charge is -2.19. The van der Waals surface area contributed by atoms with Crippen LogP contribution in [0.25, 0.3) is 0 Å². The van der Waals surface area contributed by atoms with Crippen molar-refractivity contribution in [2.45, 2.75) is 25.7 Å². The molecule has 6 nitrogen and oxygen atoms in total. The molecule has 0 unspecified atom stereocenters. The largest absolute Gasteiger partial charge is 0.457 e. The highest BCUT2D eigenvalue weighted by molar-refractivity contribution is 6.06. The predicted octanol–water partition coefficient (Wildman–Crippen LogP) is 1.83. The molecule has 6 heteroatoms. The standard InChI is InChI=1S/C20H21NO5/c22-15(12-4-2-1-3-5-12)11-26-16(23)8-9-21-19(24)17-13-6-7-14(10-13)18(17)20(21)25/h1-5,13-14,17-18H,6-11H2/t13-,14-,17-,18-/m0/s1. The Morgan fingerprint density at radius 2 is 1.62 bits per heavy atom. The number of hydrogen-bond acceptors (Lipinski definition) is 5. The fourth-order valence-electron chi connectivity index (χ4n) is 4.82. The average Bonchev–Trinajstić information content (AvgIpc) is 3.33. The van der Waals surface area contributed by atoms with Crippen LogP contribution in [0.4, 0.5) is 0 Å². The van der Waals surface area contributed by atoms with Crippen molar-refractivity contribution >= 4 is 23.6 Å². The number of carbonyl (C=O) groups is 4. The molecule has 136 valence electrons. The van der Waals surface area contributed by atoms with Gasteiger partial charge in [0.2, 0.25) is 11.8 Å². The van der Waals surface area contributed by atoms with Gasteiger partial charge in [0.05, 0.1) is 18.3 Å². The number of likely N-dealkylation sites (tertiary alicyclic amines) is 1. The van der Waals surface area contributed by atoms with E-state index in [9.17, 15) is 19.2 Å². The zero-order valence-corrected chi connectivity index (χ0v) is 14.4. The summed E-state index contributed by atoms with van der Waals surface area (Å²) in [5.74, 6) is -0.772. The summed E-state index contributed by atoms with van der Waals surface area (Å²) in [5, 5.41) is 0. The van der Waals surface area contributed by atoms with E-state index >= 15 is 0 Å². The van der Waals surface area contributed by atoms with Gasteiger partial charge in [0.1, 0.15) is 0 Å². The van der Waals surface area contributed by atoms with Crippen molar-refractivity contribution in [1.29, 1.82) is 0 Å². The second kappa shape index (κ2) is 6.67. The topological polar surface area (TPSA) is 80.8 Å². The molecule has 2 saturated carbocycles. The van der Waals surface area contributed by atoms with Gasteiger partial charge >= 0.3 is 5.97 Å². The molecule has 0 N–H and O–H groups in total. The van der Waals surface area contributed by atoms with E-state index in [-0.39, 0.29) is 49.0 Å². The normalized spacial score (nSPS) is 29.2. The number of amides is 2. The van der Waals surface area contributed by atoms with E-state index in [1.54, 1.807) is 30.3 Å². The van der Waals surface area contributed by atoms with Crippen LogP contribution >= 0.6 is 0 Å². The molecule has 1 heterocycles. The number of carbonyl (C=O) groups excluding carboxylic acids is 4. The molecule has 4 atom stereocenters. The van der Waals surface area contributed by atoms with Crippen molar-refractivity contribution in [3.05, 3.63) is 35.9 Å². The lowest BCUT2D eigenvalue weighted by molar-refractivity contribution is -0.145. The van der Waals surface area contributed by atoms with Crippen LogP contribution in [0.3, 0.4) is 0 Å². The highest BCUT2D eigenvalue weighted by atomic mass is 16.5. The van der Waals surface area contributed by atoms with Crippen molar-refractivity contribution in [3.8, 4) is 0 Å². The highest BCUT2D eigenvalue weighted by Gasteiger charge is 2.60. The van der Waals surface area contributed by atoms with Crippen molar-refractivity contribution in [2.75, 3.05) is 13.2 Å². The summed E-state index contributed by atoms with van der Waals surface area (Å²) in [7, 11) is 0. The van der Waals surface area contributed by atoms with E-state index in [4.69, 9.17) is 4.74 Å². The number of ether oxygens (including phenoxy) is 1. The minimum absolute atomic E-state index is 0.0441.